The number of carbonyl (C=O) groups is 4. The van der Waals surface area contributed by atoms with Crippen LogP contribution in [0.25, 0.3) is 0 Å². The SMILES string of the molecule is CC(C(=O)O)N(C(=O)c1ccccc1)c1ccc(Cl)c(Cl)c1.CC(C(=O)O)N(C(=O)c1ccccc1)c1ccc(Cl)c(Cl)c1.CCSc1ccc(NS(C)(=O)=O)c(C(F)(F)F)c1.CCSc1ccc(NS(C)(=O)=O)c(C(F)(F)F)c1. The highest BCUT2D eigenvalue weighted by Crippen LogP contribution is 2.39. The van der Waals surface area contributed by atoms with Crippen LogP contribution in [-0.4, -0.2) is 86.9 Å². The van der Waals surface area contributed by atoms with Crippen LogP contribution in [0.3, 0.4) is 0 Å². The lowest BCUT2D eigenvalue weighted by atomic mass is 10.1. The van der Waals surface area contributed by atoms with Crippen LogP contribution in [0.4, 0.5) is 49.1 Å². The molecular weight excluding hydrogens is 1220 g/mol. The molecule has 4 N–H and O–H groups in total. The highest BCUT2D eigenvalue weighted by atomic mass is 35.5. The summed E-state index contributed by atoms with van der Waals surface area (Å²) in [5.41, 5.74) is -1.34. The number of rotatable bonds is 16. The van der Waals surface area contributed by atoms with Crippen LogP contribution in [-0.2, 0) is 42.0 Å². The molecule has 0 aliphatic heterocycles. The third-order valence-electron chi connectivity index (χ3n) is 10.1. The Bertz CT molecular complexity index is 3130. The molecule has 2 atom stereocenters. The van der Waals surface area contributed by atoms with Crippen molar-refractivity contribution in [2.45, 2.75) is 61.9 Å². The highest BCUT2D eigenvalue weighted by molar-refractivity contribution is 7.99. The molecule has 28 heteroatoms. The zero-order valence-electron chi connectivity index (χ0n) is 42.7. The number of nitrogens with zero attached hydrogens (tertiary/aromatic N) is 2. The average molecular weight is 1280 g/mol. The number of carboxylic acid groups (broad SMARTS) is 2. The Kier molecular flexibility index (Phi) is 25.9. The molecule has 80 heavy (non-hydrogen) atoms. The molecule has 0 bridgehead atoms. The maximum absolute atomic E-state index is 12.8. The summed E-state index contributed by atoms with van der Waals surface area (Å²) >= 11 is 26.2. The van der Waals surface area contributed by atoms with E-state index in [0.717, 1.165) is 36.8 Å². The molecule has 0 heterocycles. The number of sulfonamides is 2. The largest absolute Gasteiger partial charge is 0.480 e. The van der Waals surface area contributed by atoms with Crippen molar-refractivity contribution in [2.75, 3.05) is 43.3 Å². The average Bonchev–Trinajstić information content (AvgIpc) is 3.36. The molecule has 2 unspecified atom stereocenters. The van der Waals surface area contributed by atoms with Crippen LogP contribution < -0.4 is 19.2 Å². The van der Waals surface area contributed by atoms with Gasteiger partial charge in [-0.15, -0.1) is 23.5 Å². The van der Waals surface area contributed by atoms with Crippen molar-refractivity contribution in [3.05, 3.63) is 176 Å². The lowest BCUT2D eigenvalue weighted by Gasteiger charge is -2.27. The topological polar surface area (TPSA) is 208 Å². The summed E-state index contributed by atoms with van der Waals surface area (Å²) in [6.07, 6.45) is -7.58. The molecule has 6 aromatic rings. The number of carboxylic acids is 2. The lowest BCUT2D eigenvalue weighted by molar-refractivity contribution is -0.139. The van der Waals surface area contributed by atoms with E-state index in [1.54, 1.807) is 72.8 Å². The molecule has 0 saturated heterocycles. The minimum Gasteiger partial charge on any atom is -0.480 e. The molecule has 0 radical (unpaired) electrons. The molecule has 0 aliphatic carbocycles. The number of benzene rings is 6. The van der Waals surface area contributed by atoms with Gasteiger partial charge in [-0.2, -0.15) is 26.3 Å². The first kappa shape index (κ1) is 68.4. The van der Waals surface area contributed by atoms with Crippen molar-refractivity contribution < 1.29 is 72.6 Å². The summed E-state index contributed by atoms with van der Waals surface area (Å²) in [5.74, 6) is -1.81. The second-order valence-electron chi connectivity index (χ2n) is 16.3. The molecule has 2 amide bonds. The number of thioether (sulfide) groups is 2. The Morgan fingerprint density at radius 2 is 0.825 bits per heavy atom. The standard InChI is InChI=1S/2C16H13Cl2NO3.2C10H12F3NO2S2/c2*1-10(16(21)22)19(12-7-8-13(17)14(18)9-12)15(20)11-5-3-2-4-6-11;2*1-3-17-7-4-5-9(14-18(2,15)16)8(6-7)10(11,12)13/h2*2-10H,1H3,(H,21,22);2*4-6,14H,3H2,1-2H3. The molecule has 6 rings (SSSR count). The quantitative estimate of drug-likeness (QED) is 0.0527. The van der Waals surface area contributed by atoms with Crippen LogP contribution in [0.15, 0.2) is 143 Å². The molecule has 14 nitrogen and oxygen atoms in total. The minimum absolute atomic E-state index is 0.252. The fourth-order valence-corrected chi connectivity index (χ4v) is 9.71. The number of hydrogen-bond donors (Lipinski definition) is 4. The van der Waals surface area contributed by atoms with Gasteiger partial charge in [-0.25, -0.2) is 26.4 Å². The van der Waals surface area contributed by atoms with E-state index in [1.807, 2.05) is 23.3 Å². The van der Waals surface area contributed by atoms with Gasteiger partial charge >= 0.3 is 24.3 Å². The molecule has 0 fully saturated rings. The molecule has 432 valence electrons. The van der Waals surface area contributed by atoms with Crippen LogP contribution in [0, 0.1) is 0 Å². The number of halogens is 10. The second kappa shape index (κ2) is 30.3. The number of hydrogen-bond acceptors (Lipinski definition) is 10. The predicted octanol–water partition coefficient (Wildman–Crippen LogP) is 14.6. The number of aliphatic carboxylic acids is 2. The van der Waals surface area contributed by atoms with E-state index in [-0.39, 0.29) is 10.0 Å². The summed E-state index contributed by atoms with van der Waals surface area (Å²) in [4.78, 5) is 51.3. The first-order valence-corrected chi connectivity index (χ1v) is 30.1. The first-order valence-electron chi connectivity index (χ1n) is 22.9. The molecular formula is C52H50Cl4F6N4O10S4. The van der Waals surface area contributed by atoms with Gasteiger partial charge in [0, 0.05) is 32.3 Å². The van der Waals surface area contributed by atoms with Gasteiger partial charge in [-0.05, 0) is 122 Å². The van der Waals surface area contributed by atoms with E-state index < -0.39 is 90.7 Å². The van der Waals surface area contributed by atoms with Gasteiger partial charge in [-0.3, -0.25) is 28.8 Å². The van der Waals surface area contributed by atoms with Crippen LogP contribution in [0.5, 0.6) is 0 Å². The van der Waals surface area contributed by atoms with E-state index >= 15 is 0 Å². The summed E-state index contributed by atoms with van der Waals surface area (Å²) in [5, 5.41) is 19.7. The maximum Gasteiger partial charge on any atom is 0.418 e. The molecule has 0 spiro atoms. The van der Waals surface area contributed by atoms with Gasteiger partial charge in [0.2, 0.25) is 20.0 Å². The number of amides is 2. The smallest absolute Gasteiger partial charge is 0.418 e. The maximum atomic E-state index is 12.8. The van der Waals surface area contributed by atoms with Crippen LogP contribution in [0.2, 0.25) is 20.1 Å². The summed E-state index contributed by atoms with van der Waals surface area (Å²) in [7, 11) is -7.48. The number of alkyl halides is 6. The lowest BCUT2D eigenvalue weighted by Crippen LogP contribution is -2.43. The van der Waals surface area contributed by atoms with Crippen molar-refractivity contribution in [1.29, 1.82) is 0 Å². The van der Waals surface area contributed by atoms with Gasteiger partial charge in [0.25, 0.3) is 11.8 Å². The minimum atomic E-state index is -4.60. The van der Waals surface area contributed by atoms with E-state index in [1.165, 1.54) is 83.6 Å². The van der Waals surface area contributed by atoms with Crippen LogP contribution in [0.1, 0.15) is 59.5 Å². The predicted molar refractivity (Wildman–Crippen MR) is 306 cm³/mol. The van der Waals surface area contributed by atoms with Crippen molar-refractivity contribution >= 4 is 136 Å². The fraction of sp³-hybridized carbons (Fsp3) is 0.231. The van der Waals surface area contributed by atoms with Gasteiger partial charge in [-0.1, -0.05) is 96.6 Å². The molecule has 6 aromatic carbocycles. The Morgan fingerprint density at radius 1 is 0.512 bits per heavy atom. The third-order valence-corrected chi connectivity index (χ3v) is 14.5. The Hall–Kier alpha value is -5.86. The zero-order chi connectivity index (χ0) is 60.5. The monoisotopic (exact) mass is 1270 g/mol. The highest BCUT2D eigenvalue weighted by Gasteiger charge is 2.36. The summed E-state index contributed by atoms with van der Waals surface area (Å²) in [6, 6.07) is 31.0. The Labute approximate surface area is 486 Å². The van der Waals surface area contributed by atoms with Crippen molar-refractivity contribution in [1.82, 2.24) is 0 Å². The Morgan fingerprint density at radius 3 is 1.07 bits per heavy atom. The zero-order valence-corrected chi connectivity index (χ0v) is 49.0. The normalized spacial score (nSPS) is 12.1. The van der Waals surface area contributed by atoms with Crippen molar-refractivity contribution in [3.63, 3.8) is 0 Å². The van der Waals surface area contributed by atoms with Gasteiger partial charge in [0.15, 0.2) is 0 Å². The van der Waals surface area contributed by atoms with Gasteiger partial charge in [0.05, 0.1) is 55.1 Å². The van der Waals surface area contributed by atoms with E-state index in [0.29, 0.717) is 53.8 Å². The van der Waals surface area contributed by atoms with Crippen molar-refractivity contribution in [2.24, 2.45) is 0 Å². The number of anilines is 4. The molecule has 0 aromatic heterocycles. The fourth-order valence-electron chi connectivity index (χ4n) is 6.57. The first-order chi connectivity index (χ1) is 37.1. The summed E-state index contributed by atoms with van der Waals surface area (Å²) < 4.78 is 125. The number of nitrogens with one attached hydrogen (secondary N) is 2. The molecule has 0 aliphatic rings. The molecule has 0 saturated carbocycles. The van der Waals surface area contributed by atoms with Crippen molar-refractivity contribution in [3.8, 4) is 0 Å². The summed E-state index contributed by atoms with van der Waals surface area (Å²) in [6.45, 7) is 6.51. The van der Waals surface area contributed by atoms with Gasteiger partial charge in [0.1, 0.15) is 12.1 Å². The van der Waals surface area contributed by atoms with Gasteiger partial charge < -0.3 is 10.2 Å². The van der Waals surface area contributed by atoms with E-state index in [4.69, 9.17) is 46.4 Å². The van der Waals surface area contributed by atoms with Crippen LogP contribution >= 0.6 is 69.9 Å². The second-order valence-corrected chi connectivity index (χ2v) is 24.1. The van der Waals surface area contributed by atoms with E-state index in [2.05, 4.69) is 0 Å². The Balaban J connectivity index is 0.000000282. The third kappa shape index (κ3) is 21.6. The number of carbonyl (C=O) groups excluding carboxylic acids is 2. The van der Waals surface area contributed by atoms with E-state index in [9.17, 15) is 72.6 Å².